The Morgan fingerprint density at radius 2 is 1.09 bits per heavy atom. The Morgan fingerprint density at radius 1 is 0.609 bits per heavy atom. The van der Waals surface area contributed by atoms with Crippen LogP contribution in [-0.2, 0) is 0 Å². The summed E-state index contributed by atoms with van der Waals surface area (Å²) in [6.07, 6.45) is 0. The summed E-state index contributed by atoms with van der Waals surface area (Å²) >= 11 is 0. The van der Waals surface area contributed by atoms with Crippen LogP contribution in [0.4, 0.5) is 0 Å². The van der Waals surface area contributed by atoms with Gasteiger partial charge in [0.1, 0.15) is 5.75 Å². The molecule has 0 fully saturated rings. The molecule has 0 amide bonds. The zero-order chi connectivity index (χ0) is 15.6. The smallest absolute Gasteiger partial charge is 0.537 e. The second-order valence-electron chi connectivity index (χ2n) is 5.38. The molecule has 109 valence electrons. The van der Waals surface area contributed by atoms with E-state index in [9.17, 15) is 5.02 Å². The highest BCUT2D eigenvalue weighted by atomic mass is 16.5. The SMILES string of the molecule is O[B]Oc1c2ccccc2c(-c2ccccc2)c2ccccc12. The molecule has 0 aliphatic rings. The van der Waals surface area contributed by atoms with E-state index in [1.165, 1.54) is 11.1 Å². The molecule has 0 saturated heterocycles. The van der Waals surface area contributed by atoms with Crippen LogP contribution in [0.15, 0.2) is 78.9 Å². The van der Waals surface area contributed by atoms with Crippen LogP contribution in [0.3, 0.4) is 0 Å². The highest BCUT2D eigenvalue weighted by Crippen LogP contribution is 2.42. The summed E-state index contributed by atoms with van der Waals surface area (Å²) in [6, 6.07) is 26.6. The molecule has 0 spiro atoms. The van der Waals surface area contributed by atoms with Crippen molar-refractivity contribution < 1.29 is 9.68 Å². The molecule has 0 heterocycles. The summed E-state index contributed by atoms with van der Waals surface area (Å²) in [5, 5.41) is 13.4. The molecule has 0 aromatic heterocycles. The molecule has 0 unspecified atom stereocenters. The first-order chi connectivity index (χ1) is 11.4. The van der Waals surface area contributed by atoms with Gasteiger partial charge in [0.2, 0.25) is 0 Å². The second kappa shape index (κ2) is 5.78. The lowest BCUT2D eigenvalue weighted by Gasteiger charge is -2.16. The molecule has 0 aliphatic heterocycles. The molecule has 0 atom stereocenters. The summed E-state index contributed by atoms with van der Waals surface area (Å²) in [5.41, 5.74) is 2.35. The molecule has 4 aromatic carbocycles. The zero-order valence-electron chi connectivity index (χ0n) is 12.4. The van der Waals surface area contributed by atoms with Crippen molar-refractivity contribution >= 4 is 29.2 Å². The van der Waals surface area contributed by atoms with Gasteiger partial charge in [-0.3, -0.25) is 0 Å². The van der Waals surface area contributed by atoms with Gasteiger partial charge in [0.15, 0.2) is 0 Å². The van der Waals surface area contributed by atoms with Crippen LogP contribution in [0, 0.1) is 0 Å². The Morgan fingerprint density at radius 3 is 1.61 bits per heavy atom. The largest absolute Gasteiger partial charge is 0.569 e. The van der Waals surface area contributed by atoms with Crippen LogP contribution < -0.4 is 4.65 Å². The third-order valence-corrected chi connectivity index (χ3v) is 4.12. The monoisotopic (exact) mass is 297 g/mol. The van der Waals surface area contributed by atoms with Gasteiger partial charge >= 0.3 is 7.69 Å². The zero-order valence-corrected chi connectivity index (χ0v) is 12.4. The van der Waals surface area contributed by atoms with E-state index in [2.05, 4.69) is 24.3 Å². The van der Waals surface area contributed by atoms with E-state index in [1.54, 1.807) is 0 Å². The van der Waals surface area contributed by atoms with Crippen molar-refractivity contribution in [2.24, 2.45) is 0 Å². The van der Waals surface area contributed by atoms with Gasteiger partial charge in [-0.2, -0.15) is 0 Å². The van der Waals surface area contributed by atoms with E-state index >= 15 is 0 Å². The molecule has 23 heavy (non-hydrogen) atoms. The standard InChI is InChI=1S/C20H14BO2/c22-21-23-20-17-12-6-4-10-15(17)19(14-8-2-1-3-9-14)16-11-5-7-13-18(16)20/h1-13,22H. The van der Waals surface area contributed by atoms with Crippen LogP contribution in [0.1, 0.15) is 0 Å². The van der Waals surface area contributed by atoms with Gasteiger partial charge in [-0.05, 0) is 21.9 Å². The van der Waals surface area contributed by atoms with Crippen molar-refractivity contribution in [2.45, 2.75) is 0 Å². The molecule has 2 nitrogen and oxygen atoms in total. The first-order valence-corrected chi connectivity index (χ1v) is 7.51. The summed E-state index contributed by atoms with van der Waals surface area (Å²) in [6.45, 7) is 0. The third kappa shape index (κ3) is 2.26. The Labute approximate surface area is 135 Å². The van der Waals surface area contributed by atoms with Gasteiger partial charge in [0, 0.05) is 10.8 Å². The molecular weight excluding hydrogens is 283 g/mol. The van der Waals surface area contributed by atoms with Gasteiger partial charge in [0.25, 0.3) is 0 Å². The lowest BCUT2D eigenvalue weighted by Crippen LogP contribution is -2.01. The van der Waals surface area contributed by atoms with Gasteiger partial charge in [-0.15, -0.1) is 0 Å². The fraction of sp³-hybridized carbons (Fsp3) is 0. The van der Waals surface area contributed by atoms with E-state index < -0.39 is 0 Å². The average Bonchev–Trinajstić information content (AvgIpc) is 2.62. The maximum atomic E-state index is 9.18. The quantitative estimate of drug-likeness (QED) is 0.443. The first kappa shape index (κ1) is 13.9. The number of fused-ring (bicyclic) bond motifs is 2. The van der Waals surface area contributed by atoms with Crippen molar-refractivity contribution in [1.82, 2.24) is 0 Å². The van der Waals surface area contributed by atoms with E-state index in [-0.39, 0.29) is 0 Å². The highest BCUT2D eigenvalue weighted by Gasteiger charge is 2.15. The summed E-state index contributed by atoms with van der Waals surface area (Å²) in [7, 11) is 0.746. The predicted molar refractivity (Wildman–Crippen MR) is 95.5 cm³/mol. The first-order valence-electron chi connectivity index (χ1n) is 7.51. The van der Waals surface area contributed by atoms with Crippen molar-refractivity contribution in [3.8, 4) is 16.9 Å². The van der Waals surface area contributed by atoms with Crippen molar-refractivity contribution in [1.29, 1.82) is 0 Å². The van der Waals surface area contributed by atoms with Crippen molar-refractivity contribution in [2.75, 3.05) is 0 Å². The van der Waals surface area contributed by atoms with Gasteiger partial charge in [-0.25, -0.2) is 0 Å². The molecular formula is C20H14BO2. The molecule has 1 N–H and O–H groups in total. The van der Waals surface area contributed by atoms with Crippen molar-refractivity contribution in [3.63, 3.8) is 0 Å². The molecule has 1 radical (unpaired) electrons. The normalized spacial score (nSPS) is 10.8. The van der Waals surface area contributed by atoms with Gasteiger partial charge < -0.3 is 9.68 Å². The number of hydrogen-bond donors (Lipinski definition) is 1. The van der Waals surface area contributed by atoms with Crippen molar-refractivity contribution in [3.05, 3.63) is 78.9 Å². The molecule has 0 bridgehead atoms. The highest BCUT2D eigenvalue weighted by molar-refractivity contribution is 6.22. The molecule has 4 aromatic rings. The van der Waals surface area contributed by atoms with Crippen LogP contribution in [-0.4, -0.2) is 12.7 Å². The Hall–Kier alpha value is -2.78. The second-order valence-corrected chi connectivity index (χ2v) is 5.38. The summed E-state index contributed by atoms with van der Waals surface area (Å²) in [4.78, 5) is 0. The number of hydrogen-bond acceptors (Lipinski definition) is 2. The summed E-state index contributed by atoms with van der Waals surface area (Å²) < 4.78 is 5.45. The Bertz CT molecular complexity index is 924. The fourth-order valence-corrected chi connectivity index (χ4v) is 3.18. The fourth-order valence-electron chi connectivity index (χ4n) is 3.18. The van der Waals surface area contributed by atoms with E-state index in [0.29, 0.717) is 5.75 Å². The summed E-state index contributed by atoms with van der Waals surface area (Å²) in [5.74, 6) is 0.679. The molecule has 4 rings (SSSR count). The minimum Gasteiger partial charge on any atom is -0.537 e. The Balaban J connectivity index is 2.22. The lowest BCUT2D eigenvalue weighted by molar-refractivity contribution is 0.459. The van der Waals surface area contributed by atoms with E-state index in [1.807, 2.05) is 54.6 Å². The molecule has 0 saturated carbocycles. The topological polar surface area (TPSA) is 29.5 Å². The average molecular weight is 297 g/mol. The van der Waals surface area contributed by atoms with Crippen LogP contribution in [0.5, 0.6) is 5.75 Å². The minimum atomic E-state index is 0.679. The van der Waals surface area contributed by atoms with Gasteiger partial charge in [-0.1, -0.05) is 78.9 Å². The lowest BCUT2D eigenvalue weighted by atomic mass is 9.91. The molecule has 3 heteroatoms. The van der Waals surface area contributed by atoms with E-state index in [4.69, 9.17) is 4.65 Å². The van der Waals surface area contributed by atoms with Gasteiger partial charge in [0.05, 0.1) is 0 Å². The van der Waals surface area contributed by atoms with Crippen LogP contribution in [0.2, 0.25) is 0 Å². The maximum Gasteiger partial charge on any atom is 0.569 e. The maximum absolute atomic E-state index is 9.18. The van der Waals surface area contributed by atoms with Crippen LogP contribution >= 0.6 is 0 Å². The third-order valence-electron chi connectivity index (χ3n) is 4.12. The van der Waals surface area contributed by atoms with Crippen LogP contribution in [0.25, 0.3) is 32.7 Å². The molecule has 0 aliphatic carbocycles. The number of benzene rings is 4. The Kier molecular flexibility index (Phi) is 3.49. The predicted octanol–water partition coefficient (Wildman–Crippen LogP) is 4.57. The van der Waals surface area contributed by atoms with E-state index in [0.717, 1.165) is 29.2 Å². The minimum absolute atomic E-state index is 0.679. The number of rotatable bonds is 3.